The third-order valence-electron chi connectivity index (χ3n) is 5.79. The second kappa shape index (κ2) is 10.2. The van der Waals surface area contributed by atoms with Crippen LogP contribution in [0.4, 0.5) is 0 Å². The van der Waals surface area contributed by atoms with Gasteiger partial charge in [0.15, 0.2) is 20.8 Å². The van der Waals surface area contributed by atoms with Gasteiger partial charge < -0.3 is 9.64 Å². The Morgan fingerprint density at radius 3 is 2.62 bits per heavy atom. The summed E-state index contributed by atoms with van der Waals surface area (Å²) in [6.07, 6.45) is 0.481. The maximum absolute atomic E-state index is 12.8. The molecule has 10 heteroatoms. The molecule has 1 unspecified atom stereocenters. The van der Waals surface area contributed by atoms with Gasteiger partial charge in [-0.25, -0.2) is 8.42 Å². The minimum atomic E-state index is -3.06. The first-order valence-corrected chi connectivity index (χ1v) is 13.9. The molecule has 0 spiro atoms. The summed E-state index contributed by atoms with van der Waals surface area (Å²) in [4.78, 5) is 14.4. The molecule has 2 aromatic carbocycles. The summed E-state index contributed by atoms with van der Waals surface area (Å²) in [6.45, 7) is 4.54. The molecular weight excluding hydrogens is 472 g/mol. The summed E-state index contributed by atoms with van der Waals surface area (Å²) in [5, 5.41) is 9.41. The third kappa shape index (κ3) is 5.44. The van der Waals surface area contributed by atoms with Gasteiger partial charge in [-0.15, -0.1) is 10.2 Å². The van der Waals surface area contributed by atoms with Gasteiger partial charge in [-0.3, -0.25) is 9.36 Å². The Labute approximate surface area is 204 Å². The molecule has 1 saturated heterocycles. The predicted octanol–water partition coefficient (Wildman–Crippen LogP) is 3.38. The smallest absolute Gasteiger partial charge is 0.233 e. The number of ether oxygens (including phenoxy) is 1. The summed E-state index contributed by atoms with van der Waals surface area (Å²) < 4.78 is 31.1. The Balaban J connectivity index is 1.60. The quantitative estimate of drug-likeness (QED) is 0.438. The van der Waals surface area contributed by atoms with Crippen molar-refractivity contribution >= 4 is 27.5 Å². The average Bonchev–Trinajstić information content (AvgIpc) is 3.40. The second-order valence-electron chi connectivity index (χ2n) is 8.29. The molecule has 0 aliphatic carbocycles. The minimum absolute atomic E-state index is 0.0276. The lowest BCUT2D eigenvalue weighted by atomic mass is 10.1. The summed E-state index contributed by atoms with van der Waals surface area (Å²) in [5.74, 6) is 1.61. The zero-order valence-electron chi connectivity index (χ0n) is 19.5. The van der Waals surface area contributed by atoms with Crippen molar-refractivity contribution in [2.45, 2.75) is 31.5 Å². The lowest BCUT2D eigenvalue weighted by Gasteiger charge is -2.23. The molecule has 0 radical (unpaired) electrons. The molecule has 180 valence electrons. The van der Waals surface area contributed by atoms with Crippen molar-refractivity contribution in [1.82, 2.24) is 19.7 Å². The predicted molar refractivity (Wildman–Crippen MR) is 133 cm³/mol. The molecule has 2 heterocycles. The fraction of sp³-hybridized carbons (Fsp3) is 0.375. The summed E-state index contributed by atoms with van der Waals surface area (Å²) in [7, 11) is -1.39. The van der Waals surface area contributed by atoms with Crippen LogP contribution in [-0.4, -0.2) is 70.9 Å². The Hall–Kier alpha value is -2.85. The van der Waals surface area contributed by atoms with E-state index < -0.39 is 9.84 Å². The standard InChI is InChI=1S/C24H28N4O4S2/c1-4-32-21-10-8-19(9-11-21)28-23(18-7-5-6-17(2)14-18)25-26-24(28)33-15-22(29)27(3)20-12-13-34(30,31)16-20/h5-11,14,20H,4,12-13,15-16H2,1-3H3. The van der Waals surface area contributed by atoms with Crippen molar-refractivity contribution < 1.29 is 17.9 Å². The molecule has 3 aromatic rings. The number of sulfone groups is 1. The third-order valence-corrected chi connectivity index (χ3v) is 8.45. The van der Waals surface area contributed by atoms with Crippen molar-refractivity contribution in [1.29, 1.82) is 0 Å². The lowest BCUT2D eigenvalue weighted by molar-refractivity contribution is -0.128. The Bertz CT molecular complexity index is 1270. The van der Waals surface area contributed by atoms with Crippen LogP contribution in [0.1, 0.15) is 18.9 Å². The van der Waals surface area contributed by atoms with E-state index in [0.717, 1.165) is 22.6 Å². The van der Waals surface area contributed by atoms with Crippen LogP contribution >= 0.6 is 11.8 Å². The maximum atomic E-state index is 12.8. The van der Waals surface area contributed by atoms with Gasteiger partial charge in [-0.05, 0) is 50.6 Å². The summed E-state index contributed by atoms with van der Waals surface area (Å²) in [5.41, 5.74) is 2.89. The fourth-order valence-electron chi connectivity index (χ4n) is 3.94. The molecule has 4 rings (SSSR count). The van der Waals surface area contributed by atoms with E-state index in [1.807, 2.05) is 66.9 Å². The van der Waals surface area contributed by atoms with E-state index in [1.165, 1.54) is 11.8 Å². The van der Waals surface area contributed by atoms with Gasteiger partial charge in [-0.1, -0.05) is 35.5 Å². The van der Waals surface area contributed by atoms with Gasteiger partial charge >= 0.3 is 0 Å². The summed E-state index contributed by atoms with van der Waals surface area (Å²) in [6, 6.07) is 15.4. The zero-order valence-corrected chi connectivity index (χ0v) is 21.1. The van der Waals surface area contributed by atoms with E-state index in [2.05, 4.69) is 10.2 Å². The van der Waals surface area contributed by atoms with E-state index in [1.54, 1.807) is 11.9 Å². The van der Waals surface area contributed by atoms with Crippen LogP contribution < -0.4 is 4.74 Å². The number of hydrogen-bond acceptors (Lipinski definition) is 7. The number of aromatic nitrogens is 3. The summed E-state index contributed by atoms with van der Waals surface area (Å²) >= 11 is 1.29. The van der Waals surface area contributed by atoms with Crippen molar-refractivity contribution in [2.24, 2.45) is 0 Å². The molecule has 34 heavy (non-hydrogen) atoms. The minimum Gasteiger partial charge on any atom is -0.494 e. The van der Waals surface area contributed by atoms with Crippen LogP contribution in [0.15, 0.2) is 53.7 Å². The number of rotatable bonds is 8. The number of aryl methyl sites for hydroxylation is 1. The van der Waals surface area contributed by atoms with Crippen molar-refractivity contribution in [2.75, 3.05) is 30.9 Å². The molecule has 0 bridgehead atoms. The highest BCUT2D eigenvalue weighted by Gasteiger charge is 2.32. The topological polar surface area (TPSA) is 94.4 Å². The SMILES string of the molecule is CCOc1ccc(-n2c(SCC(=O)N(C)C3CCS(=O)(=O)C3)nnc2-c2cccc(C)c2)cc1. The van der Waals surface area contributed by atoms with Gasteiger partial charge in [0, 0.05) is 24.3 Å². The molecule has 1 aliphatic heterocycles. The van der Waals surface area contributed by atoms with Crippen molar-refractivity contribution in [3.8, 4) is 22.8 Å². The fourth-order valence-corrected chi connectivity index (χ4v) is 6.59. The molecule has 1 atom stereocenters. The van der Waals surface area contributed by atoms with Crippen LogP contribution in [0.3, 0.4) is 0 Å². The number of benzene rings is 2. The van der Waals surface area contributed by atoms with E-state index in [0.29, 0.717) is 24.0 Å². The van der Waals surface area contributed by atoms with Crippen molar-refractivity contribution in [3.05, 3.63) is 54.1 Å². The number of thioether (sulfide) groups is 1. The van der Waals surface area contributed by atoms with Gasteiger partial charge in [0.2, 0.25) is 5.91 Å². The monoisotopic (exact) mass is 500 g/mol. The molecule has 1 amide bonds. The molecule has 1 fully saturated rings. The molecule has 0 saturated carbocycles. The van der Waals surface area contributed by atoms with Crippen LogP contribution in [0.5, 0.6) is 5.75 Å². The number of carbonyl (C=O) groups excluding carboxylic acids is 1. The largest absolute Gasteiger partial charge is 0.494 e. The van der Waals surface area contributed by atoms with E-state index in [9.17, 15) is 13.2 Å². The molecule has 8 nitrogen and oxygen atoms in total. The van der Waals surface area contributed by atoms with Crippen LogP contribution in [-0.2, 0) is 14.6 Å². The van der Waals surface area contributed by atoms with Crippen LogP contribution in [0.25, 0.3) is 17.1 Å². The molecule has 0 N–H and O–H groups in total. The average molecular weight is 501 g/mol. The zero-order chi connectivity index (χ0) is 24.3. The lowest BCUT2D eigenvalue weighted by Crippen LogP contribution is -2.38. The van der Waals surface area contributed by atoms with E-state index in [-0.39, 0.29) is 29.2 Å². The second-order valence-corrected chi connectivity index (χ2v) is 11.5. The number of hydrogen-bond donors (Lipinski definition) is 0. The van der Waals surface area contributed by atoms with E-state index in [4.69, 9.17) is 4.74 Å². The molecular formula is C24H28N4O4S2. The van der Waals surface area contributed by atoms with Gasteiger partial charge in [-0.2, -0.15) is 0 Å². The normalized spacial score (nSPS) is 17.0. The number of nitrogens with zero attached hydrogens (tertiary/aromatic N) is 4. The van der Waals surface area contributed by atoms with Crippen molar-refractivity contribution in [3.63, 3.8) is 0 Å². The highest BCUT2D eigenvalue weighted by Crippen LogP contribution is 2.30. The highest BCUT2D eigenvalue weighted by molar-refractivity contribution is 7.99. The maximum Gasteiger partial charge on any atom is 0.233 e. The van der Waals surface area contributed by atoms with Gasteiger partial charge in [0.25, 0.3) is 0 Å². The van der Waals surface area contributed by atoms with E-state index >= 15 is 0 Å². The first-order chi connectivity index (χ1) is 16.3. The van der Waals surface area contributed by atoms with Gasteiger partial charge in [0.05, 0.1) is 23.9 Å². The first kappa shape index (κ1) is 24.3. The number of amides is 1. The molecule has 1 aliphatic rings. The Morgan fingerprint density at radius 1 is 1.21 bits per heavy atom. The number of carbonyl (C=O) groups is 1. The Kier molecular flexibility index (Phi) is 7.27. The molecule has 1 aromatic heterocycles. The van der Waals surface area contributed by atoms with Crippen LogP contribution in [0.2, 0.25) is 0 Å². The highest BCUT2D eigenvalue weighted by atomic mass is 32.2. The van der Waals surface area contributed by atoms with Gasteiger partial charge in [0.1, 0.15) is 5.75 Å². The Morgan fingerprint density at radius 2 is 1.97 bits per heavy atom. The first-order valence-electron chi connectivity index (χ1n) is 11.1. The van der Waals surface area contributed by atoms with Crippen LogP contribution in [0, 0.1) is 6.92 Å².